The van der Waals surface area contributed by atoms with Crippen LogP contribution in [0.4, 0.5) is 13.6 Å². The molecule has 0 bridgehead atoms. The van der Waals surface area contributed by atoms with Crippen LogP contribution < -0.4 is 0 Å². The average molecular weight is 642 g/mol. The van der Waals surface area contributed by atoms with Gasteiger partial charge < -0.3 is 20.2 Å². The Morgan fingerprint density at radius 3 is 2.48 bits per heavy atom. The number of piperazine rings is 1. The summed E-state index contributed by atoms with van der Waals surface area (Å²) in [7, 11) is -2.03. The van der Waals surface area contributed by atoms with Crippen LogP contribution in [0.1, 0.15) is 57.9 Å². The van der Waals surface area contributed by atoms with E-state index in [1.54, 1.807) is 12.1 Å². The first kappa shape index (κ1) is 35.6. The maximum atomic E-state index is 13.3. The number of carboxylic acids is 1. The Kier molecular flexibility index (Phi) is 12.5. The van der Waals surface area contributed by atoms with E-state index in [1.165, 1.54) is 17.0 Å². The number of alkyl halides is 2. The smallest absolute Gasteiger partial charge is 0.407 e. The Balaban J connectivity index is 1.72. The molecule has 0 aliphatic carbocycles. The van der Waals surface area contributed by atoms with Crippen LogP contribution in [0.25, 0.3) is 6.08 Å². The molecular weight excluding hydrogens is 596 g/mol. The Bertz CT molecular complexity index is 1310. The number of likely N-dealkylation sites (N-methyl/N-ethyl adjacent to an activating group) is 1. The number of amides is 1. The van der Waals surface area contributed by atoms with Gasteiger partial charge in [0.1, 0.15) is 0 Å². The lowest BCUT2D eigenvalue weighted by molar-refractivity contribution is -0.139. The van der Waals surface area contributed by atoms with Crippen LogP contribution in [0.5, 0.6) is 0 Å². The summed E-state index contributed by atoms with van der Waals surface area (Å²) < 4.78 is 53.1. The number of carbonyl (C=O) groups is 2. The van der Waals surface area contributed by atoms with E-state index in [0.29, 0.717) is 50.9 Å². The lowest BCUT2D eigenvalue weighted by atomic mass is 9.89. The van der Waals surface area contributed by atoms with E-state index < -0.39 is 47.2 Å². The van der Waals surface area contributed by atoms with E-state index >= 15 is 0 Å². The normalized spacial score (nSPS) is 22.0. The van der Waals surface area contributed by atoms with Crippen molar-refractivity contribution in [1.82, 2.24) is 14.1 Å². The molecule has 44 heavy (non-hydrogen) atoms. The van der Waals surface area contributed by atoms with E-state index in [0.717, 1.165) is 16.3 Å². The maximum Gasteiger partial charge on any atom is 0.407 e. The average Bonchev–Trinajstić information content (AvgIpc) is 2.91. The number of nitrogens with zero attached hydrogens (tertiary/aromatic N) is 3. The number of hydrogen-bond acceptors (Lipinski definition) is 6. The van der Waals surface area contributed by atoms with Crippen LogP contribution in [0.2, 0.25) is 0 Å². The summed E-state index contributed by atoms with van der Waals surface area (Å²) in [5.74, 6) is -3.76. The number of aliphatic hydroxyl groups excluding tert-OH is 1. The first-order chi connectivity index (χ1) is 20.6. The number of sulfonamides is 1. The first-order valence-corrected chi connectivity index (χ1v) is 16.4. The van der Waals surface area contributed by atoms with Gasteiger partial charge in [-0.05, 0) is 75.6 Å². The molecule has 2 heterocycles. The van der Waals surface area contributed by atoms with Gasteiger partial charge in [-0.25, -0.2) is 22.0 Å². The van der Waals surface area contributed by atoms with Gasteiger partial charge in [-0.3, -0.25) is 9.69 Å². The van der Waals surface area contributed by atoms with Crippen molar-refractivity contribution in [3.05, 3.63) is 47.6 Å². The van der Waals surface area contributed by atoms with Gasteiger partial charge in [0, 0.05) is 25.7 Å². The summed E-state index contributed by atoms with van der Waals surface area (Å²) in [5, 5.41) is 28.3. The third kappa shape index (κ3) is 10.6. The Labute approximate surface area is 258 Å². The summed E-state index contributed by atoms with van der Waals surface area (Å²) in [6, 6.07) is 6.25. The van der Waals surface area contributed by atoms with Crippen LogP contribution in [0, 0.1) is 11.8 Å². The fourth-order valence-electron chi connectivity index (χ4n) is 5.67. The predicted molar refractivity (Wildman–Crippen MR) is 163 cm³/mol. The number of aliphatic carboxylic acids is 1. The van der Waals surface area contributed by atoms with Crippen molar-refractivity contribution in [2.45, 2.75) is 75.3 Å². The van der Waals surface area contributed by atoms with Crippen molar-refractivity contribution in [1.29, 1.82) is 0 Å². The van der Waals surface area contributed by atoms with Crippen LogP contribution in [-0.2, 0) is 14.8 Å². The minimum absolute atomic E-state index is 0.00835. The van der Waals surface area contributed by atoms with E-state index in [1.807, 2.05) is 27.0 Å². The van der Waals surface area contributed by atoms with E-state index in [9.17, 15) is 37.0 Å². The molecule has 13 heteroatoms. The van der Waals surface area contributed by atoms with Gasteiger partial charge in [0.05, 0.1) is 30.5 Å². The minimum atomic E-state index is -4.02. The lowest BCUT2D eigenvalue weighted by Gasteiger charge is -2.39. The summed E-state index contributed by atoms with van der Waals surface area (Å²) in [6.07, 6.45) is 7.14. The highest BCUT2D eigenvalue weighted by Crippen LogP contribution is 2.32. The standard InChI is InChI=1S/C31H45F2N3O7S/c1-22(10-11-27(37)18-29(38)39)6-4-7-24(16-26-19-35(30(40)41)13-12-34(26)3)14-23(2)15-25-8-5-9-28(17-25)44(42,43)36-20-31(32,33)21-36/h4-5,7-9,15,17,22,24,26-27,37H,6,10-14,16,18-21H2,1-3H3,(H,38,39)(H,40,41)/b7-4+,23-15+/t22-,24+,26?,27-/m1/s1. The topological polar surface area (TPSA) is 139 Å². The largest absolute Gasteiger partial charge is 0.481 e. The van der Waals surface area contributed by atoms with Crippen LogP contribution >= 0.6 is 0 Å². The maximum absolute atomic E-state index is 13.3. The molecule has 1 aromatic rings. The van der Waals surface area contributed by atoms with Crippen molar-refractivity contribution in [3.63, 3.8) is 0 Å². The van der Waals surface area contributed by atoms with Gasteiger partial charge >= 0.3 is 12.1 Å². The van der Waals surface area contributed by atoms with Crippen molar-refractivity contribution in [3.8, 4) is 0 Å². The van der Waals surface area contributed by atoms with Gasteiger partial charge in [0.15, 0.2) is 0 Å². The lowest BCUT2D eigenvalue weighted by Crippen LogP contribution is -2.58. The molecule has 3 rings (SSSR count). The quantitative estimate of drug-likeness (QED) is 0.236. The predicted octanol–water partition coefficient (Wildman–Crippen LogP) is 4.62. The molecule has 2 saturated heterocycles. The molecular formula is C31H45F2N3O7S. The zero-order chi connectivity index (χ0) is 32.7. The molecule has 2 aliphatic heterocycles. The molecule has 0 saturated carbocycles. The highest BCUT2D eigenvalue weighted by atomic mass is 32.2. The number of halogens is 2. The molecule has 10 nitrogen and oxygen atoms in total. The van der Waals surface area contributed by atoms with Gasteiger partial charge in [-0.15, -0.1) is 0 Å². The number of aliphatic hydroxyl groups is 1. The molecule has 4 atom stereocenters. The number of rotatable bonds is 15. The van der Waals surface area contributed by atoms with Crippen LogP contribution in [0.3, 0.4) is 0 Å². The zero-order valence-corrected chi connectivity index (χ0v) is 26.4. The molecule has 0 spiro atoms. The van der Waals surface area contributed by atoms with E-state index in [2.05, 4.69) is 17.1 Å². The Hall–Kier alpha value is -2.87. The monoisotopic (exact) mass is 641 g/mol. The molecule has 2 aliphatic rings. The molecule has 0 aromatic heterocycles. The molecule has 1 amide bonds. The molecule has 0 radical (unpaired) electrons. The summed E-state index contributed by atoms with van der Waals surface area (Å²) in [6.45, 7) is 3.81. The van der Waals surface area contributed by atoms with Crippen LogP contribution in [0.15, 0.2) is 46.9 Å². The Morgan fingerprint density at radius 1 is 1.14 bits per heavy atom. The van der Waals surface area contributed by atoms with Gasteiger partial charge in [-0.2, -0.15) is 4.31 Å². The second kappa shape index (κ2) is 15.4. The number of carboxylic acid groups (broad SMARTS) is 2. The number of allylic oxidation sites excluding steroid dienone is 3. The van der Waals surface area contributed by atoms with Gasteiger partial charge in [-0.1, -0.05) is 42.9 Å². The Morgan fingerprint density at radius 2 is 1.84 bits per heavy atom. The second-order valence-electron chi connectivity index (χ2n) is 12.4. The third-order valence-corrected chi connectivity index (χ3v) is 10.1. The van der Waals surface area contributed by atoms with Crippen molar-refractivity contribution in [2.75, 3.05) is 39.8 Å². The molecule has 1 aromatic carbocycles. The molecule has 246 valence electrons. The highest BCUT2D eigenvalue weighted by Gasteiger charge is 2.49. The zero-order valence-electron chi connectivity index (χ0n) is 25.6. The molecule has 3 N–H and O–H groups in total. The van der Waals surface area contributed by atoms with Crippen molar-refractivity contribution >= 4 is 28.2 Å². The minimum Gasteiger partial charge on any atom is -0.481 e. The van der Waals surface area contributed by atoms with Gasteiger partial charge in [0.25, 0.3) is 5.92 Å². The summed E-state index contributed by atoms with van der Waals surface area (Å²) >= 11 is 0. The van der Waals surface area contributed by atoms with E-state index in [-0.39, 0.29) is 29.2 Å². The molecule has 2 fully saturated rings. The number of hydrogen-bond donors (Lipinski definition) is 3. The van der Waals surface area contributed by atoms with Crippen molar-refractivity contribution in [2.24, 2.45) is 11.8 Å². The SMILES string of the molecule is C/C(=C\c1cccc(S(=O)(=O)N2CC(F)(F)C2)c1)C[C@H](/C=C/C[C@@H](C)CC[C@@H](O)CC(=O)O)CC1CN(C(=O)O)CCN1C. The number of benzene rings is 1. The summed E-state index contributed by atoms with van der Waals surface area (Å²) in [5.41, 5.74) is 1.61. The van der Waals surface area contributed by atoms with Crippen molar-refractivity contribution < 1.29 is 42.1 Å². The fourth-order valence-corrected chi connectivity index (χ4v) is 7.22. The summed E-state index contributed by atoms with van der Waals surface area (Å²) in [4.78, 5) is 26.0. The van der Waals surface area contributed by atoms with E-state index in [4.69, 9.17) is 5.11 Å². The van der Waals surface area contributed by atoms with Crippen LogP contribution in [-0.4, -0.2) is 108 Å². The highest BCUT2D eigenvalue weighted by molar-refractivity contribution is 7.89. The second-order valence-corrected chi connectivity index (χ2v) is 14.3. The third-order valence-electron chi connectivity index (χ3n) is 8.28. The van der Waals surface area contributed by atoms with Gasteiger partial charge in [0.2, 0.25) is 10.0 Å². The first-order valence-electron chi connectivity index (χ1n) is 15.0. The fraction of sp³-hybridized carbons (Fsp3) is 0.613. The molecule has 1 unspecified atom stereocenters.